The van der Waals surface area contributed by atoms with Gasteiger partial charge in [0.05, 0.1) is 22.2 Å². The van der Waals surface area contributed by atoms with Gasteiger partial charge in [0.15, 0.2) is 0 Å². The van der Waals surface area contributed by atoms with E-state index in [-0.39, 0.29) is 22.9 Å². The molecule has 0 saturated carbocycles. The molecule has 38 heavy (non-hydrogen) atoms. The van der Waals surface area contributed by atoms with Gasteiger partial charge in [-0.25, -0.2) is 4.68 Å². The van der Waals surface area contributed by atoms with Crippen LogP contribution in [0.4, 0.5) is 13.2 Å². The largest absolute Gasteiger partial charge is 0.416 e. The number of piperidine rings is 1. The van der Waals surface area contributed by atoms with Crippen molar-refractivity contribution in [1.82, 2.24) is 19.7 Å². The summed E-state index contributed by atoms with van der Waals surface area (Å²) in [5.41, 5.74) is 0.899. The van der Waals surface area contributed by atoms with Gasteiger partial charge in [0, 0.05) is 37.2 Å². The zero-order valence-electron chi connectivity index (χ0n) is 20.7. The van der Waals surface area contributed by atoms with Gasteiger partial charge in [-0.2, -0.15) is 18.3 Å². The van der Waals surface area contributed by atoms with Crippen molar-refractivity contribution in [2.24, 2.45) is 0 Å². The van der Waals surface area contributed by atoms with Gasteiger partial charge in [-0.3, -0.25) is 14.6 Å². The van der Waals surface area contributed by atoms with Gasteiger partial charge in [-0.15, -0.1) is 0 Å². The second kappa shape index (κ2) is 9.89. The minimum atomic E-state index is -4.51. The number of halogens is 3. The van der Waals surface area contributed by atoms with Crippen LogP contribution in [0.5, 0.6) is 0 Å². The SMILES string of the molecule is CC(=O)C1(c2ccccc2)CCN(C(=O)c2cn(-c3cccc(C(F)(F)F)c3)nc2-c2ccncc2)CC1. The van der Waals surface area contributed by atoms with E-state index in [0.29, 0.717) is 37.2 Å². The quantitative estimate of drug-likeness (QED) is 0.339. The summed E-state index contributed by atoms with van der Waals surface area (Å²) in [5, 5.41) is 4.51. The molecule has 0 atom stereocenters. The normalized spacial score (nSPS) is 15.3. The molecule has 4 aromatic rings. The zero-order chi connectivity index (χ0) is 26.9. The molecule has 0 N–H and O–H groups in total. The predicted octanol–water partition coefficient (Wildman–Crippen LogP) is 5.72. The van der Waals surface area contributed by atoms with E-state index in [4.69, 9.17) is 0 Å². The first-order valence-corrected chi connectivity index (χ1v) is 12.2. The molecular weight excluding hydrogens is 493 g/mol. The summed E-state index contributed by atoms with van der Waals surface area (Å²) in [4.78, 5) is 32.2. The number of likely N-dealkylation sites (tertiary alicyclic amines) is 1. The molecule has 9 heteroatoms. The summed E-state index contributed by atoms with van der Waals surface area (Å²) in [6, 6.07) is 17.8. The Bertz CT molecular complexity index is 1460. The van der Waals surface area contributed by atoms with Crippen LogP contribution in [0.1, 0.15) is 41.3 Å². The number of amides is 1. The number of hydrogen-bond donors (Lipinski definition) is 0. The summed E-state index contributed by atoms with van der Waals surface area (Å²) in [5.74, 6) is -0.231. The summed E-state index contributed by atoms with van der Waals surface area (Å²) in [6.45, 7) is 2.31. The topological polar surface area (TPSA) is 68.1 Å². The van der Waals surface area contributed by atoms with Gasteiger partial charge in [-0.05, 0) is 55.7 Å². The van der Waals surface area contributed by atoms with Crippen molar-refractivity contribution in [3.63, 3.8) is 0 Å². The number of alkyl halides is 3. The lowest BCUT2D eigenvalue weighted by Gasteiger charge is -2.40. The van der Waals surface area contributed by atoms with Gasteiger partial charge < -0.3 is 4.90 Å². The third-order valence-corrected chi connectivity index (χ3v) is 7.24. The number of carbonyl (C=O) groups is 2. The van der Waals surface area contributed by atoms with Crippen LogP contribution in [0.15, 0.2) is 85.3 Å². The molecule has 194 valence electrons. The molecule has 3 heterocycles. The van der Waals surface area contributed by atoms with E-state index in [9.17, 15) is 22.8 Å². The van der Waals surface area contributed by atoms with Crippen LogP contribution in [0, 0.1) is 0 Å². The Hall–Kier alpha value is -4.27. The molecule has 6 nitrogen and oxygen atoms in total. The van der Waals surface area contributed by atoms with Crippen LogP contribution in [0.25, 0.3) is 16.9 Å². The lowest BCUT2D eigenvalue weighted by molar-refractivity contribution is -0.137. The third-order valence-electron chi connectivity index (χ3n) is 7.24. The number of nitrogens with zero attached hydrogens (tertiary/aromatic N) is 4. The first kappa shape index (κ1) is 25.4. The Morgan fingerprint density at radius 3 is 2.24 bits per heavy atom. The molecule has 5 rings (SSSR count). The van der Waals surface area contributed by atoms with Crippen molar-refractivity contribution >= 4 is 11.7 Å². The molecule has 0 bridgehead atoms. The number of aromatic nitrogens is 3. The molecule has 1 fully saturated rings. The van der Waals surface area contributed by atoms with Crippen LogP contribution >= 0.6 is 0 Å². The molecule has 1 aliphatic heterocycles. The number of Topliss-reactive ketones (excluding diaryl/α,β-unsaturated/α-hetero) is 1. The van der Waals surface area contributed by atoms with Crippen LogP contribution in [0.3, 0.4) is 0 Å². The number of ketones is 1. The maximum atomic E-state index is 13.8. The van der Waals surface area contributed by atoms with Crippen LogP contribution < -0.4 is 0 Å². The van der Waals surface area contributed by atoms with E-state index >= 15 is 0 Å². The minimum absolute atomic E-state index is 0.0608. The lowest BCUT2D eigenvalue weighted by atomic mass is 9.70. The molecule has 1 amide bonds. The summed E-state index contributed by atoms with van der Waals surface area (Å²) < 4.78 is 41.3. The monoisotopic (exact) mass is 518 g/mol. The fraction of sp³-hybridized carbons (Fsp3) is 0.241. The van der Waals surface area contributed by atoms with E-state index in [1.807, 2.05) is 30.3 Å². The molecular formula is C29H25F3N4O2. The zero-order valence-corrected chi connectivity index (χ0v) is 20.7. The van der Waals surface area contributed by atoms with Gasteiger partial charge in [-0.1, -0.05) is 36.4 Å². The first-order valence-electron chi connectivity index (χ1n) is 12.2. The van der Waals surface area contributed by atoms with Crippen LogP contribution in [0.2, 0.25) is 0 Å². The fourth-order valence-electron chi connectivity index (χ4n) is 5.07. The molecule has 1 aliphatic rings. The first-order chi connectivity index (χ1) is 18.2. The maximum Gasteiger partial charge on any atom is 0.416 e. The Morgan fingerprint density at radius 2 is 1.61 bits per heavy atom. The minimum Gasteiger partial charge on any atom is -0.338 e. The summed E-state index contributed by atoms with van der Waals surface area (Å²) >= 11 is 0. The number of hydrogen-bond acceptors (Lipinski definition) is 4. The highest BCUT2D eigenvalue weighted by Crippen LogP contribution is 2.37. The number of carbonyl (C=O) groups excluding carboxylic acids is 2. The Kier molecular flexibility index (Phi) is 6.60. The van der Waals surface area contributed by atoms with E-state index in [2.05, 4.69) is 10.1 Å². The number of pyridine rings is 1. The number of rotatable bonds is 5. The average molecular weight is 519 g/mol. The van der Waals surface area contributed by atoms with Gasteiger partial charge in [0.2, 0.25) is 0 Å². The number of benzene rings is 2. The van der Waals surface area contributed by atoms with Crippen molar-refractivity contribution in [3.8, 4) is 16.9 Å². The van der Waals surface area contributed by atoms with Gasteiger partial charge in [0.1, 0.15) is 11.5 Å². The molecule has 1 saturated heterocycles. The van der Waals surface area contributed by atoms with Crippen molar-refractivity contribution < 1.29 is 22.8 Å². The van der Waals surface area contributed by atoms with E-state index < -0.39 is 17.2 Å². The van der Waals surface area contributed by atoms with Crippen LogP contribution in [-0.2, 0) is 16.4 Å². The van der Waals surface area contributed by atoms with Crippen molar-refractivity contribution in [2.45, 2.75) is 31.4 Å². The fourth-order valence-corrected chi connectivity index (χ4v) is 5.07. The highest BCUT2D eigenvalue weighted by molar-refractivity contribution is 6.00. The molecule has 2 aromatic heterocycles. The smallest absolute Gasteiger partial charge is 0.338 e. The molecule has 0 spiro atoms. The lowest BCUT2D eigenvalue weighted by Crippen LogP contribution is -2.48. The highest BCUT2D eigenvalue weighted by atomic mass is 19.4. The Labute approximate surface area is 217 Å². The van der Waals surface area contributed by atoms with Crippen molar-refractivity contribution in [3.05, 3.63) is 102 Å². The summed E-state index contributed by atoms with van der Waals surface area (Å²) in [7, 11) is 0. The molecule has 0 radical (unpaired) electrons. The Balaban J connectivity index is 1.48. The predicted molar refractivity (Wildman–Crippen MR) is 136 cm³/mol. The van der Waals surface area contributed by atoms with Gasteiger partial charge in [0.25, 0.3) is 5.91 Å². The molecule has 2 aromatic carbocycles. The van der Waals surface area contributed by atoms with E-state index in [1.165, 1.54) is 23.0 Å². The molecule has 0 unspecified atom stereocenters. The van der Waals surface area contributed by atoms with E-state index in [1.54, 1.807) is 36.4 Å². The second-order valence-corrected chi connectivity index (χ2v) is 9.42. The standard InChI is InChI=1S/C29H25F3N4O2/c1-20(37)28(22-6-3-2-4-7-22)12-16-35(17-13-28)27(38)25-19-36(34-26(25)21-10-14-33-15-11-21)24-9-5-8-23(18-24)29(30,31)32/h2-11,14-15,18-19H,12-13,16-17H2,1H3. The van der Waals surface area contributed by atoms with Crippen LogP contribution in [-0.4, -0.2) is 44.4 Å². The van der Waals surface area contributed by atoms with E-state index in [0.717, 1.165) is 17.7 Å². The summed E-state index contributed by atoms with van der Waals surface area (Å²) in [6.07, 6.45) is 1.04. The van der Waals surface area contributed by atoms with Crippen molar-refractivity contribution in [1.29, 1.82) is 0 Å². The average Bonchev–Trinajstić information content (AvgIpc) is 3.39. The third kappa shape index (κ3) is 4.71. The van der Waals surface area contributed by atoms with Gasteiger partial charge >= 0.3 is 6.18 Å². The second-order valence-electron chi connectivity index (χ2n) is 9.42. The maximum absolute atomic E-state index is 13.8. The molecule has 0 aliphatic carbocycles. The van der Waals surface area contributed by atoms with Crippen molar-refractivity contribution in [2.75, 3.05) is 13.1 Å². The Morgan fingerprint density at radius 1 is 0.921 bits per heavy atom. The highest BCUT2D eigenvalue weighted by Gasteiger charge is 2.42.